The van der Waals surface area contributed by atoms with Crippen LogP contribution in [0.3, 0.4) is 0 Å². The number of thiazole rings is 1. The topological polar surface area (TPSA) is 96.2 Å². The van der Waals surface area contributed by atoms with Crippen molar-refractivity contribution in [1.82, 2.24) is 14.5 Å². The van der Waals surface area contributed by atoms with Gasteiger partial charge in [0.15, 0.2) is 6.61 Å². The lowest BCUT2D eigenvalue weighted by Crippen LogP contribution is -2.19. The molecule has 0 saturated carbocycles. The molecule has 11 heteroatoms. The Morgan fingerprint density at radius 1 is 1.31 bits per heavy atom. The molecule has 0 aliphatic heterocycles. The van der Waals surface area contributed by atoms with Gasteiger partial charge in [-0.15, -0.1) is 11.3 Å². The van der Waals surface area contributed by atoms with Crippen LogP contribution in [0, 0.1) is 6.92 Å². The molecule has 1 amide bonds. The molecule has 0 bridgehead atoms. The molecule has 4 heterocycles. The maximum Gasteiger partial charge on any atom is 0.422 e. The van der Waals surface area contributed by atoms with Gasteiger partial charge in [-0.05, 0) is 31.2 Å². The molecule has 7 nitrogen and oxygen atoms in total. The third-order valence-electron chi connectivity index (χ3n) is 4.66. The zero-order valence-electron chi connectivity index (χ0n) is 16.7. The molecule has 4 rings (SSSR count). The van der Waals surface area contributed by atoms with Crippen LogP contribution in [-0.2, 0) is 6.54 Å². The van der Waals surface area contributed by atoms with E-state index >= 15 is 0 Å². The number of ether oxygens (including phenoxy) is 1. The molecule has 4 aromatic rings. The summed E-state index contributed by atoms with van der Waals surface area (Å²) in [5.74, 6) is 0.0306. The van der Waals surface area contributed by atoms with Gasteiger partial charge in [-0.2, -0.15) is 13.2 Å². The molecule has 0 atom stereocenters. The minimum atomic E-state index is -4.43. The van der Waals surface area contributed by atoms with Crippen molar-refractivity contribution in [2.24, 2.45) is 5.73 Å². The van der Waals surface area contributed by atoms with Gasteiger partial charge in [-0.3, -0.25) is 4.79 Å². The Kier molecular flexibility index (Phi) is 5.74. The van der Waals surface area contributed by atoms with Gasteiger partial charge in [0.25, 0.3) is 5.91 Å². The molecule has 0 fully saturated rings. The van der Waals surface area contributed by atoms with Crippen LogP contribution in [0.15, 0.2) is 52.6 Å². The van der Waals surface area contributed by atoms with Crippen molar-refractivity contribution >= 4 is 17.2 Å². The number of hydrogen-bond acceptors (Lipinski definition) is 6. The average molecular weight is 462 g/mol. The van der Waals surface area contributed by atoms with Gasteiger partial charge in [-0.25, -0.2) is 9.97 Å². The highest BCUT2D eigenvalue weighted by atomic mass is 32.1. The Hall–Kier alpha value is -3.60. The molecule has 2 N–H and O–H groups in total. The van der Waals surface area contributed by atoms with Gasteiger partial charge in [0, 0.05) is 28.9 Å². The maximum absolute atomic E-state index is 12.3. The van der Waals surface area contributed by atoms with Gasteiger partial charge in [0.2, 0.25) is 5.88 Å². The maximum atomic E-state index is 12.3. The highest BCUT2D eigenvalue weighted by Gasteiger charge is 2.28. The lowest BCUT2D eigenvalue weighted by atomic mass is 10.2. The molecule has 0 aliphatic carbocycles. The fourth-order valence-corrected chi connectivity index (χ4v) is 3.95. The van der Waals surface area contributed by atoms with Crippen molar-refractivity contribution < 1.29 is 27.1 Å². The van der Waals surface area contributed by atoms with E-state index in [-0.39, 0.29) is 5.88 Å². The van der Waals surface area contributed by atoms with Gasteiger partial charge >= 0.3 is 6.18 Å². The first-order chi connectivity index (χ1) is 15.2. The van der Waals surface area contributed by atoms with E-state index < -0.39 is 18.7 Å². The number of hydrogen-bond donors (Lipinski definition) is 1. The third kappa shape index (κ3) is 4.67. The Bertz CT molecular complexity index is 1230. The van der Waals surface area contributed by atoms with Gasteiger partial charge < -0.3 is 19.5 Å². The molecule has 0 aromatic carbocycles. The lowest BCUT2D eigenvalue weighted by Gasteiger charge is -2.09. The van der Waals surface area contributed by atoms with Crippen LogP contribution in [0.5, 0.6) is 5.88 Å². The predicted molar refractivity (Wildman–Crippen MR) is 111 cm³/mol. The molecule has 166 valence electrons. The molecule has 0 unspecified atom stereocenters. The Morgan fingerprint density at radius 3 is 2.75 bits per heavy atom. The second-order valence-corrected chi connectivity index (χ2v) is 7.74. The quantitative estimate of drug-likeness (QED) is 0.431. The number of pyridine rings is 1. The van der Waals surface area contributed by atoms with Crippen LogP contribution in [-0.4, -0.2) is 33.2 Å². The minimum Gasteiger partial charge on any atom is -0.468 e. The standard InChI is InChI=1S/C21H17F3N4O3S/c1-12-15(19(25)29)7-17(28(12)9-14-3-2-6-30-14)16-10-32-20(27-16)13-4-5-18(26-8-13)31-11-21(22,23)24/h2-8,10H,9,11H2,1H3,(H2,25,29). The molecular formula is C21H17F3N4O3S. The molecule has 32 heavy (non-hydrogen) atoms. The molecule has 0 spiro atoms. The monoisotopic (exact) mass is 462 g/mol. The fraction of sp³-hybridized carbons (Fsp3) is 0.190. The van der Waals surface area contributed by atoms with E-state index in [9.17, 15) is 18.0 Å². The SMILES string of the molecule is Cc1c(C(N)=O)cc(-c2csc(-c3ccc(OCC(F)(F)F)nc3)n2)n1Cc1ccco1. The third-order valence-corrected chi connectivity index (χ3v) is 5.55. The van der Waals surface area contributed by atoms with Crippen LogP contribution in [0.1, 0.15) is 21.8 Å². The van der Waals surface area contributed by atoms with Crippen LogP contribution in [0.4, 0.5) is 13.2 Å². The van der Waals surface area contributed by atoms with Crippen molar-refractivity contribution in [3.63, 3.8) is 0 Å². The normalized spacial score (nSPS) is 11.6. The fourth-order valence-electron chi connectivity index (χ4n) is 3.14. The highest BCUT2D eigenvalue weighted by molar-refractivity contribution is 7.13. The summed E-state index contributed by atoms with van der Waals surface area (Å²) in [4.78, 5) is 20.4. The van der Waals surface area contributed by atoms with Crippen LogP contribution < -0.4 is 10.5 Å². The number of amides is 1. The number of rotatable bonds is 7. The number of halogens is 3. The Morgan fingerprint density at radius 2 is 2.12 bits per heavy atom. The molecule has 0 aliphatic rings. The van der Waals surface area contributed by atoms with Crippen LogP contribution in [0.25, 0.3) is 22.0 Å². The molecular weight excluding hydrogens is 445 g/mol. The smallest absolute Gasteiger partial charge is 0.422 e. The van der Waals surface area contributed by atoms with E-state index in [4.69, 9.17) is 10.2 Å². The van der Waals surface area contributed by atoms with Crippen molar-refractivity contribution in [1.29, 1.82) is 0 Å². The lowest BCUT2D eigenvalue weighted by molar-refractivity contribution is -0.154. The minimum absolute atomic E-state index is 0.128. The van der Waals surface area contributed by atoms with Crippen molar-refractivity contribution in [3.05, 3.63) is 65.2 Å². The highest BCUT2D eigenvalue weighted by Crippen LogP contribution is 2.32. The number of nitrogens with two attached hydrogens (primary N) is 1. The van der Waals surface area contributed by atoms with Gasteiger partial charge in [-0.1, -0.05) is 0 Å². The average Bonchev–Trinajstić information content (AvgIpc) is 3.48. The summed E-state index contributed by atoms with van der Waals surface area (Å²) >= 11 is 1.34. The van der Waals surface area contributed by atoms with E-state index in [1.807, 2.05) is 16.0 Å². The second kappa shape index (κ2) is 8.50. The molecule has 4 aromatic heterocycles. The Labute approximate surface area is 184 Å². The number of primary amides is 1. The zero-order valence-corrected chi connectivity index (χ0v) is 17.5. The zero-order chi connectivity index (χ0) is 22.9. The van der Waals surface area contributed by atoms with E-state index in [1.54, 1.807) is 31.4 Å². The number of nitrogens with zero attached hydrogens (tertiary/aromatic N) is 3. The largest absolute Gasteiger partial charge is 0.468 e. The molecule has 0 saturated heterocycles. The van der Waals surface area contributed by atoms with Crippen molar-refractivity contribution in [3.8, 4) is 27.8 Å². The van der Waals surface area contributed by atoms with E-state index in [2.05, 4.69) is 14.7 Å². The second-order valence-electron chi connectivity index (χ2n) is 6.89. The summed E-state index contributed by atoms with van der Waals surface area (Å²) in [6.45, 7) is 0.777. The summed E-state index contributed by atoms with van der Waals surface area (Å²) < 4.78 is 48.8. The number of furan rings is 1. The number of aromatic nitrogens is 3. The first kappa shape index (κ1) is 21.6. The van der Waals surface area contributed by atoms with Gasteiger partial charge in [0.05, 0.1) is 29.8 Å². The number of carbonyl (C=O) groups is 1. The summed E-state index contributed by atoms with van der Waals surface area (Å²) in [7, 11) is 0. The van der Waals surface area contributed by atoms with Gasteiger partial charge in [0.1, 0.15) is 10.8 Å². The van der Waals surface area contributed by atoms with Crippen LogP contribution in [0.2, 0.25) is 0 Å². The van der Waals surface area contributed by atoms with E-state index in [1.165, 1.54) is 23.6 Å². The predicted octanol–water partition coefficient (Wildman–Crippen LogP) is 4.66. The van der Waals surface area contributed by atoms with Crippen molar-refractivity contribution in [2.75, 3.05) is 6.61 Å². The Balaban J connectivity index is 1.62. The molecule has 0 radical (unpaired) electrons. The summed E-state index contributed by atoms with van der Waals surface area (Å²) in [5, 5.41) is 2.43. The first-order valence-corrected chi connectivity index (χ1v) is 10.2. The summed E-state index contributed by atoms with van der Waals surface area (Å²) in [5.41, 5.74) is 8.52. The van der Waals surface area contributed by atoms with Crippen LogP contribution >= 0.6 is 11.3 Å². The number of alkyl halides is 3. The van der Waals surface area contributed by atoms with E-state index in [0.29, 0.717) is 45.5 Å². The van der Waals surface area contributed by atoms with E-state index in [0.717, 1.165) is 0 Å². The van der Waals surface area contributed by atoms with Crippen molar-refractivity contribution in [2.45, 2.75) is 19.6 Å². The summed E-state index contributed by atoms with van der Waals surface area (Å²) in [6, 6.07) is 8.23. The number of carbonyl (C=O) groups excluding carboxylic acids is 1. The summed E-state index contributed by atoms with van der Waals surface area (Å²) in [6.07, 6.45) is -1.47. The first-order valence-electron chi connectivity index (χ1n) is 9.35.